The summed E-state index contributed by atoms with van der Waals surface area (Å²) in [7, 11) is 3.68. The number of aryl methyl sites for hydroxylation is 1. The third-order valence-electron chi connectivity index (χ3n) is 3.84. The second kappa shape index (κ2) is 7.88. The fourth-order valence-electron chi connectivity index (χ4n) is 2.49. The molecule has 0 aliphatic heterocycles. The van der Waals surface area contributed by atoms with Crippen LogP contribution in [0, 0.1) is 12.7 Å². The largest absolute Gasteiger partial charge is 0.340 e. The van der Waals surface area contributed by atoms with Gasteiger partial charge in [-0.1, -0.05) is 36.4 Å². The Labute approximate surface area is 137 Å². The van der Waals surface area contributed by atoms with Crippen molar-refractivity contribution in [1.82, 2.24) is 9.80 Å². The summed E-state index contributed by atoms with van der Waals surface area (Å²) in [5.41, 5.74) is 3.19. The number of amides is 1. The number of hydrogen-bond donors (Lipinski definition) is 0. The molecule has 0 aliphatic rings. The molecule has 0 spiro atoms. The maximum atomic E-state index is 13.2. The monoisotopic (exact) mass is 314 g/mol. The van der Waals surface area contributed by atoms with Crippen LogP contribution in [0.1, 0.15) is 16.7 Å². The van der Waals surface area contributed by atoms with Crippen molar-refractivity contribution in [1.29, 1.82) is 0 Å². The molecule has 0 bridgehead atoms. The van der Waals surface area contributed by atoms with Gasteiger partial charge in [0.2, 0.25) is 5.91 Å². The van der Waals surface area contributed by atoms with Crippen LogP contribution in [-0.4, -0.2) is 36.3 Å². The number of likely N-dealkylation sites (N-methyl/N-ethyl adjacent to an activating group) is 2. The van der Waals surface area contributed by atoms with E-state index in [-0.39, 0.29) is 11.7 Å². The highest BCUT2D eigenvalue weighted by molar-refractivity contribution is 5.78. The molecule has 23 heavy (non-hydrogen) atoms. The van der Waals surface area contributed by atoms with Crippen LogP contribution in [0.2, 0.25) is 0 Å². The Kier molecular flexibility index (Phi) is 5.88. The summed E-state index contributed by atoms with van der Waals surface area (Å²) in [5.74, 6) is -0.203. The second-order valence-corrected chi connectivity index (χ2v) is 5.98. The van der Waals surface area contributed by atoms with Crippen LogP contribution in [-0.2, 0) is 17.9 Å². The third-order valence-corrected chi connectivity index (χ3v) is 3.84. The van der Waals surface area contributed by atoms with Crippen molar-refractivity contribution < 1.29 is 9.18 Å². The van der Waals surface area contributed by atoms with Gasteiger partial charge >= 0.3 is 0 Å². The van der Waals surface area contributed by atoms with E-state index >= 15 is 0 Å². The van der Waals surface area contributed by atoms with E-state index in [2.05, 4.69) is 0 Å². The number of nitrogens with zero attached hydrogens (tertiary/aromatic N) is 2. The molecule has 0 saturated carbocycles. The minimum Gasteiger partial charge on any atom is -0.340 e. The average molecular weight is 314 g/mol. The minimum absolute atomic E-state index is 0.0483. The Bertz CT molecular complexity index is 672. The van der Waals surface area contributed by atoms with Gasteiger partial charge in [-0.2, -0.15) is 0 Å². The van der Waals surface area contributed by atoms with E-state index in [4.69, 9.17) is 0 Å². The first kappa shape index (κ1) is 17.2. The first-order chi connectivity index (χ1) is 11.0. The fourth-order valence-corrected chi connectivity index (χ4v) is 2.49. The van der Waals surface area contributed by atoms with Gasteiger partial charge in [0.15, 0.2) is 0 Å². The average Bonchev–Trinajstić information content (AvgIpc) is 2.49. The van der Waals surface area contributed by atoms with Crippen LogP contribution in [0.4, 0.5) is 4.39 Å². The summed E-state index contributed by atoms with van der Waals surface area (Å²) in [4.78, 5) is 16.0. The molecular formula is C19H23FN2O. The minimum atomic E-state index is -0.251. The fraction of sp³-hybridized carbons (Fsp3) is 0.316. The summed E-state index contributed by atoms with van der Waals surface area (Å²) in [5, 5.41) is 0. The Balaban J connectivity index is 1.89. The quantitative estimate of drug-likeness (QED) is 0.817. The zero-order valence-electron chi connectivity index (χ0n) is 13.9. The SMILES string of the molecule is Cc1ccccc1CN(C)C(=O)CN(C)Cc1cccc(F)c1. The normalized spacial score (nSPS) is 10.8. The summed E-state index contributed by atoms with van der Waals surface area (Å²) in [6.45, 7) is 3.49. The lowest BCUT2D eigenvalue weighted by Gasteiger charge is -2.22. The number of carbonyl (C=O) groups excluding carboxylic acids is 1. The van der Waals surface area contributed by atoms with Crippen molar-refractivity contribution in [2.45, 2.75) is 20.0 Å². The highest BCUT2D eigenvalue weighted by Gasteiger charge is 2.13. The summed E-state index contributed by atoms with van der Waals surface area (Å²) < 4.78 is 13.2. The third kappa shape index (κ3) is 5.18. The molecule has 0 atom stereocenters. The Morgan fingerprint density at radius 2 is 1.78 bits per heavy atom. The Hall–Kier alpha value is -2.20. The first-order valence-corrected chi connectivity index (χ1v) is 7.67. The smallest absolute Gasteiger partial charge is 0.236 e. The van der Waals surface area contributed by atoms with E-state index < -0.39 is 0 Å². The van der Waals surface area contributed by atoms with E-state index in [1.54, 1.807) is 11.0 Å². The van der Waals surface area contributed by atoms with E-state index in [0.717, 1.165) is 11.1 Å². The van der Waals surface area contributed by atoms with Gasteiger partial charge in [-0.25, -0.2) is 4.39 Å². The Morgan fingerprint density at radius 3 is 2.48 bits per heavy atom. The molecule has 3 nitrogen and oxygen atoms in total. The van der Waals surface area contributed by atoms with E-state index in [1.165, 1.54) is 17.7 Å². The summed E-state index contributed by atoms with van der Waals surface area (Å²) in [6.07, 6.45) is 0. The van der Waals surface area contributed by atoms with Crippen LogP contribution >= 0.6 is 0 Å². The maximum absolute atomic E-state index is 13.2. The molecule has 0 saturated heterocycles. The number of carbonyl (C=O) groups is 1. The zero-order chi connectivity index (χ0) is 16.8. The molecular weight excluding hydrogens is 291 g/mol. The van der Waals surface area contributed by atoms with Crippen LogP contribution < -0.4 is 0 Å². The topological polar surface area (TPSA) is 23.6 Å². The van der Waals surface area contributed by atoms with Crippen LogP contribution in [0.5, 0.6) is 0 Å². The van der Waals surface area contributed by atoms with Crippen LogP contribution in [0.25, 0.3) is 0 Å². The number of benzene rings is 2. The molecule has 1 amide bonds. The molecule has 2 aromatic carbocycles. The number of rotatable bonds is 6. The van der Waals surface area contributed by atoms with Crippen molar-refractivity contribution in [2.24, 2.45) is 0 Å². The number of hydrogen-bond acceptors (Lipinski definition) is 2. The van der Waals surface area contributed by atoms with E-state index in [9.17, 15) is 9.18 Å². The standard InChI is InChI=1S/C19H23FN2O/c1-15-7-4-5-9-17(15)13-22(3)19(23)14-21(2)12-16-8-6-10-18(20)11-16/h4-11H,12-14H2,1-3H3. The van der Waals surface area contributed by atoms with Gasteiger partial charge in [0.1, 0.15) is 5.82 Å². The van der Waals surface area contributed by atoms with Gasteiger partial charge in [-0.05, 0) is 42.8 Å². The highest BCUT2D eigenvalue weighted by Crippen LogP contribution is 2.10. The molecule has 122 valence electrons. The molecule has 0 heterocycles. The van der Waals surface area contributed by atoms with Crippen LogP contribution in [0.3, 0.4) is 0 Å². The van der Waals surface area contributed by atoms with E-state index in [0.29, 0.717) is 19.6 Å². The zero-order valence-corrected chi connectivity index (χ0v) is 13.9. The van der Waals surface area contributed by atoms with E-state index in [1.807, 2.05) is 56.3 Å². The molecule has 0 aromatic heterocycles. The molecule has 2 rings (SSSR count). The Morgan fingerprint density at radius 1 is 1.04 bits per heavy atom. The van der Waals surface area contributed by atoms with Crippen molar-refractivity contribution in [3.8, 4) is 0 Å². The molecule has 0 unspecified atom stereocenters. The summed E-state index contributed by atoms with van der Waals surface area (Å²) >= 11 is 0. The second-order valence-electron chi connectivity index (χ2n) is 5.98. The highest BCUT2D eigenvalue weighted by atomic mass is 19.1. The van der Waals surface area contributed by atoms with Crippen LogP contribution in [0.15, 0.2) is 48.5 Å². The molecule has 0 aliphatic carbocycles. The van der Waals surface area contributed by atoms with Gasteiger partial charge in [0.05, 0.1) is 6.54 Å². The predicted molar refractivity (Wildman–Crippen MR) is 90.4 cm³/mol. The van der Waals surface area contributed by atoms with Gasteiger partial charge in [-0.15, -0.1) is 0 Å². The van der Waals surface area contributed by atoms with Gasteiger partial charge in [0.25, 0.3) is 0 Å². The lowest BCUT2D eigenvalue weighted by atomic mass is 10.1. The van der Waals surface area contributed by atoms with Crippen molar-refractivity contribution in [2.75, 3.05) is 20.6 Å². The molecule has 0 N–H and O–H groups in total. The van der Waals surface area contributed by atoms with Gasteiger partial charge < -0.3 is 4.90 Å². The van der Waals surface area contributed by atoms with Gasteiger partial charge in [0, 0.05) is 20.1 Å². The number of halogens is 1. The lowest BCUT2D eigenvalue weighted by molar-refractivity contribution is -0.131. The molecule has 0 radical (unpaired) electrons. The molecule has 2 aromatic rings. The molecule has 0 fully saturated rings. The van der Waals surface area contributed by atoms with Gasteiger partial charge in [-0.3, -0.25) is 9.69 Å². The lowest BCUT2D eigenvalue weighted by Crippen LogP contribution is -2.36. The van der Waals surface area contributed by atoms with Crippen molar-refractivity contribution in [3.63, 3.8) is 0 Å². The summed E-state index contributed by atoms with van der Waals surface area (Å²) in [6, 6.07) is 14.5. The molecule has 4 heteroatoms. The first-order valence-electron chi connectivity index (χ1n) is 7.67. The maximum Gasteiger partial charge on any atom is 0.236 e. The van der Waals surface area contributed by atoms with Crippen molar-refractivity contribution >= 4 is 5.91 Å². The van der Waals surface area contributed by atoms with Crippen molar-refractivity contribution in [3.05, 3.63) is 71.0 Å². The predicted octanol–water partition coefficient (Wildman–Crippen LogP) is 3.22.